The van der Waals surface area contributed by atoms with Crippen molar-refractivity contribution in [1.82, 2.24) is 0 Å². The summed E-state index contributed by atoms with van der Waals surface area (Å²) in [5.74, 6) is -1.05. The summed E-state index contributed by atoms with van der Waals surface area (Å²) in [4.78, 5) is 27.2. The number of anilines is 2. The van der Waals surface area contributed by atoms with E-state index in [0.29, 0.717) is 17.8 Å². The van der Waals surface area contributed by atoms with E-state index in [1.54, 1.807) is 37.3 Å². The van der Waals surface area contributed by atoms with Crippen molar-refractivity contribution in [3.63, 3.8) is 0 Å². The van der Waals surface area contributed by atoms with Gasteiger partial charge in [-0.1, -0.05) is 36.7 Å². The van der Waals surface area contributed by atoms with Crippen LogP contribution in [0, 0.1) is 11.7 Å². The summed E-state index contributed by atoms with van der Waals surface area (Å²) in [6.45, 7) is 2.04. The van der Waals surface area contributed by atoms with Gasteiger partial charge in [0.05, 0.1) is 23.8 Å². The molecule has 0 fully saturated rings. The van der Waals surface area contributed by atoms with Gasteiger partial charge < -0.3 is 9.80 Å². The maximum Gasteiger partial charge on any atom is 0.232 e. The molecule has 0 bridgehead atoms. The fraction of sp³-hybridized carbons (Fsp3) is 0.222. The van der Waals surface area contributed by atoms with Gasteiger partial charge in [-0.15, -0.1) is 0 Å². The zero-order valence-electron chi connectivity index (χ0n) is 13.1. The van der Waals surface area contributed by atoms with Crippen molar-refractivity contribution in [2.75, 3.05) is 16.3 Å². The second-order valence-electron chi connectivity index (χ2n) is 5.77. The number of para-hydroxylation sites is 2. The summed E-state index contributed by atoms with van der Waals surface area (Å²) in [6, 6.07) is 11.5. The number of benzene rings is 2. The average Bonchev–Trinajstić information content (AvgIpc) is 2.68. The molecule has 124 valence electrons. The predicted molar refractivity (Wildman–Crippen MR) is 91.6 cm³/mol. The van der Waals surface area contributed by atoms with Crippen molar-refractivity contribution < 1.29 is 14.0 Å². The molecule has 3 rings (SSSR count). The van der Waals surface area contributed by atoms with Crippen LogP contribution in [0.1, 0.15) is 12.5 Å². The highest BCUT2D eigenvalue weighted by molar-refractivity contribution is 6.31. The largest absolute Gasteiger partial charge is 0.312 e. The SMILES string of the molecule is CC1CN(C=O)c2ccccc2N(Cc2c(F)cccc2Cl)C1=O. The summed E-state index contributed by atoms with van der Waals surface area (Å²) < 4.78 is 14.2. The summed E-state index contributed by atoms with van der Waals surface area (Å²) in [7, 11) is 0. The summed E-state index contributed by atoms with van der Waals surface area (Å²) >= 11 is 6.11. The monoisotopic (exact) mass is 346 g/mol. The van der Waals surface area contributed by atoms with E-state index in [-0.39, 0.29) is 29.6 Å². The molecule has 0 aromatic heterocycles. The van der Waals surface area contributed by atoms with E-state index in [9.17, 15) is 14.0 Å². The van der Waals surface area contributed by atoms with E-state index in [0.717, 1.165) is 0 Å². The lowest BCUT2D eigenvalue weighted by atomic mass is 10.1. The van der Waals surface area contributed by atoms with Crippen LogP contribution in [0.25, 0.3) is 0 Å². The van der Waals surface area contributed by atoms with E-state index < -0.39 is 11.7 Å². The number of rotatable bonds is 3. The van der Waals surface area contributed by atoms with E-state index in [1.807, 2.05) is 0 Å². The second-order valence-corrected chi connectivity index (χ2v) is 6.18. The van der Waals surface area contributed by atoms with Crippen LogP contribution in [-0.4, -0.2) is 18.9 Å². The smallest absolute Gasteiger partial charge is 0.232 e. The van der Waals surface area contributed by atoms with Gasteiger partial charge in [0.2, 0.25) is 12.3 Å². The van der Waals surface area contributed by atoms with Crippen LogP contribution in [0.5, 0.6) is 0 Å². The molecule has 2 aromatic rings. The zero-order chi connectivity index (χ0) is 17.3. The first-order chi connectivity index (χ1) is 11.5. The molecule has 2 aromatic carbocycles. The van der Waals surface area contributed by atoms with E-state index in [2.05, 4.69) is 0 Å². The van der Waals surface area contributed by atoms with Crippen LogP contribution in [0.4, 0.5) is 15.8 Å². The first kappa shape index (κ1) is 16.5. The number of carbonyl (C=O) groups excluding carboxylic acids is 2. The normalized spacial score (nSPS) is 17.5. The summed E-state index contributed by atoms with van der Waals surface area (Å²) in [5, 5.41) is 0.268. The molecule has 2 amide bonds. The number of nitrogens with zero attached hydrogens (tertiary/aromatic N) is 2. The van der Waals surface area contributed by atoms with Crippen molar-refractivity contribution in [1.29, 1.82) is 0 Å². The van der Waals surface area contributed by atoms with E-state index in [1.165, 1.54) is 21.9 Å². The minimum absolute atomic E-state index is 0.0123. The molecule has 1 atom stereocenters. The van der Waals surface area contributed by atoms with Gasteiger partial charge in [0.1, 0.15) is 5.82 Å². The molecule has 0 radical (unpaired) electrons. The Balaban J connectivity index is 2.10. The van der Waals surface area contributed by atoms with Crippen LogP contribution < -0.4 is 9.80 Å². The lowest BCUT2D eigenvalue weighted by molar-refractivity contribution is -0.121. The minimum Gasteiger partial charge on any atom is -0.312 e. The summed E-state index contributed by atoms with van der Waals surface area (Å²) in [6.07, 6.45) is 0.711. The van der Waals surface area contributed by atoms with Crippen molar-refractivity contribution >= 4 is 35.3 Å². The maximum absolute atomic E-state index is 14.2. The standard InChI is InChI=1S/C18H16ClFN2O2/c1-12-9-21(11-23)16-7-2-3-8-17(16)22(18(12)24)10-13-14(19)5-4-6-15(13)20/h2-8,11-12H,9-10H2,1H3. The molecule has 1 heterocycles. The molecule has 0 saturated carbocycles. The molecule has 1 aliphatic rings. The number of carbonyl (C=O) groups is 2. The number of hydrogen-bond acceptors (Lipinski definition) is 2. The molecule has 0 N–H and O–H groups in total. The van der Waals surface area contributed by atoms with Crippen LogP contribution in [-0.2, 0) is 16.1 Å². The minimum atomic E-state index is -0.461. The van der Waals surface area contributed by atoms with Gasteiger partial charge in [-0.3, -0.25) is 9.59 Å². The Morgan fingerprint density at radius 3 is 2.58 bits per heavy atom. The quantitative estimate of drug-likeness (QED) is 0.796. The van der Waals surface area contributed by atoms with Gasteiger partial charge in [-0.05, 0) is 24.3 Å². The number of fused-ring (bicyclic) bond motifs is 1. The van der Waals surface area contributed by atoms with E-state index >= 15 is 0 Å². The molecule has 6 heteroatoms. The Morgan fingerprint density at radius 2 is 1.92 bits per heavy atom. The van der Waals surface area contributed by atoms with Crippen molar-refractivity contribution in [3.8, 4) is 0 Å². The Kier molecular flexibility index (Phi) is 4.53. The van der Waals surface area contributed by atoms with Crippen LogP contribution >= 0.6 is 11.6 Å². The molecule has 24 heavy (non-hydrogen) atoms. The lowest BCUT2D eigenvalue weighted by Gasteiger charge is -2.25. The summed E-state index contributed by atoms with van der Waals surface area (Å²) in [5.41, 5.74) is 1.45. The molecule has 1 unspecified atom stereocenters. The Hall–Kier alpha value is -2.40. The fourth-order valence-electron chi connectivity index (χ4n) is 2.90. The van der Waals surface area contributed by atoms with Crippen LogP contribution in [0.2, 0.25) is 5.02 Å². The number of amides is 2. The van der Waals surface area contributed by atoms with Gasteiger partial charge in [-0.25, -0.2) is 4.39 Å². The van der Waals surface area contributed by atoms with Gasteiger partial charge in [0, 0.05) is 17.1 Å². The Morgan fingerprint density at radius 1 is 1.21 bits per heavy atom. The molecule has 4 nitrogen and oxygen atoms in total. The maximum atomic E-state index is 14.2. The topological polar surface area (TPSA) is 40.6 Å². The zero-order valence-corrected chi connectivity index (χ0v) is 13.8. The number of hydrogen-bond donors (Lipinski definition) is 0. The van der Waals surface area contributed by atoms with Crippen LogP contribution in [0.15, 0.2) is 42.5 Å². The van der Waals surface area contributed by atoms with Crippen molar-refractivity contribution in [3.05, 3.63) is 58.9 Å². The molecule has 1 aliphatic heterocycles. The van der Waals surface area contributed by atoms with E-state index in [4.69, 9.17) is 11.6 Å². The van der Waals surface area contributed by atoms with Crippen LogP contribution in [0.3, 0.4) is 0 Å². The molecule has 0 aliphatic carbocycles. The highest BCUT2D eigenvalue weighted by Gasteiger charge is 2.31. The first-order valence-electron chi connectivity index (χ1n) is 7.58. The van der Waals surface area contributed by atoms with Crippen molar-refractivity contribution in [2.45, 2.75) is 13.5 Å². The average molecular weight is 347 g/mol. The highest BCUT2D eigenvalue weighted by Crippen LogP contribution is 2.35. The number of halogens is 2. The second kappa shape index (κ2) is 6.61. The third kappa shape index (κ3) is 2.87. The lowest BCUT2D eigenvalue weighted by Crippen LogP contribution is -2.36. The van der Waals surface area contributed by atoms with Gasteiger partial charge in [0.15, 0.2) is 0 Å². The first-order valence-corrected chi connectivity index (χ1v) is 7.96. The molecule has 0 spiro atoms. The van der Waals surface area contributed by atoms with Gasteiger partial charge in [-0.2, -0.15) is 0 Å². The highest BCUT2D eigenvalue weighted by atomic mass is 35.5. The van der Waals surface area contributed by atoms with Crippen molar-refractivity contribution in [2.24, 2.45) is 5.92 Å². The van der Waals surface area contributed by atoms with Gasteiger partial charge >= 0.3 is 0 Å². The third-order valence-corrected chi connectivity index (χ3v) is 4.50. The molecular weight excluding hydrogens is 331 g/mol. The predicted octanol–water partition coefficient (Wildman–Crippen LogP) is 3.62. The fourth-order valence-corrected chi connectivity index (χ4v) is 3.12. The molecular formula is C18H16ClFN2O2. The Labute approximate surface area is 144 Å². The van der Waals surface area contributed by atoms with Gasteiger partial charge in [0.25, 0.3) is 0 Å². The molecule has 0 saturated heterocycles. The Bertz CT molecular complexity index is 776. The third-order valence-electron chi connectivity index (χ3n) is 4.15.